The van der Waals surface area contributed by atoms with Gasteiger partial charge in [-0.15, -0.1) is 0 Å². The smallest absolute Gasteiger partial charge is 0.0992 e. The van der Waals surface area contributed by atoms with Crippen LogP contribution in [0.4, 0.5) is 0 Å². The summed E-state index contributed by atoms with van der Waals surface area (Å²) in [6.45, 7) is 4.16. The highest BCUT2D eigenvalue weighted by Crippen LogP contribution is 2.26. The van der Waals surface area contributed by atoms with Gasteiger partial charge in [0.05, 0.1) is 11.6 Å². The Morgan fingerprint density at radius 3 is 2.67 bits per heavy atom. The van der Waals surface area contributed by atoms with Crippen molar-refractivity contribution in [3.05, 3.63) is 34.3 Å². The molecule has 1 fully saturated rings. The molecule has 2 rings (SSSR count). The predicted molar refractivity (Wildman–Crippen MR) is 74.5 cm³/mol. The van der Waals surface area contributed by atoms with E-state index in [1.165, 1.54) is 25.7 Å². The van der Waals surface area contributed by atoms with Gasteiger partial charge >= 0.3 is 0 Å². The molecule has 1 saturated carbocycles. The number of hydrogen-bond donors (Lipinski definition) is 0. The zero-order chi connectivity index (χ0) is 13.0. The fraction of sp³-hybridized carbons (Fsp3) is 0.533. The summed E-state index contributed by atoms with van der Waals surface area (Å²) in [4.78, 5) is 2.50. The second-order valence-electron chi connectivity index (χ2n) is 4.92. The Morgan fingerprint density at radius 2 is 2.11 bits per heavy atom. The fourth-order valence-electron chi connectivity index (χ4n) is 2.73. The monoisotopic (exact) mass is 262 g/mol. The third kappa shape index (κ3) is 3.04. The van der Waals surface area contributed by atoms with Crippen LogP contribution in [0.2, 0.25) is 5.02 Å². The van der Waals surface area contributed by atoms with Crippen LogP contribution in [0.25, 0.3) is 0 Å². The highest BCUT2D eigenvalue weighted by Gasteiger charge is 2.21. The minimum atomic E-state index is 0.632. The van der Waals surface area contributed by atoms with Crippen molar-refractivity contribution in [3.63, 3.8) is 0 Å². The van der Waals surface area contributed by atoms with Gasteiger partial charge in [-0.05, 0) is 37.1 Å². The summed E-state index contributed by atoms with van der Waals surface area (Å²) in [6.07, 6.45) is 5.31. The standard InChI is InChI=1S/C15H19ClN2/c1-2-18(14-5-3-4-6-14)11-13-8-7-12(10-17)9-15(13)16/h7-9,14H,2-6,11H2,1H3. The van der Waals surface area contributed by atoms with E-state index in [4.69, 9.17) is 16.9 Å². The minimum Gasteiger partial charge on any atom is -0.296 e. The molecule has 0 bridgehead atoms. The molecule has 0 aromatic heterocycles. The van der Waals surface area contributed by atoms with Crippen molar-refractivity contribution < 1.29 is 0 Å². The van der Waals surface area contributed by atoms with Crippen molar-refractivity contribution in [3.8, 4) is 6.07 Å². The molecule has 0 aliphatic heterocycles. The highest BCUT2D eigenvalue weighted by molar-refractivity contribution is 6.31. The molecule has 96 valence electrons. The molecule has 0 unspecified atom stereocenters. The van der Waals surface area contributed by atoms with Gasteiger partial charge in [-0.3, -0.25) is 4.90 Å². The molecular formula is C15H19ClN2. The first kappa shape index (κ1) is 13.4. The van der Waals surface area contributed by atoms with Crippen LogP contribution in [0.5, 0.6) is 0 Å². The molecule has 0 spiro atoms. The Bertz CT molecular complexity index is 444. The van der Waals surface area contributed by atoms with Gasteiger partial charge in [0.2, 0.25) is 0 Å². The molecule has 0 radical (unpaired) electrons. The molecule has 1 aromatic carbocycles. The van der Waals surface area contributed by atoms with Gasteiger partial charge < -0.3 is 0 Å². The summed E-state index contributed by atoms with van der Waals surface area (Å²) in [5, 5.41) is 9.55. The summed E-state index contributed by atoms with van der Waals surface area (Å²) in [7, 11) is 0. The van der Waals surface area contributed by atoms with Gasteiger partial charge in [0.15, 0.2) is 0 Å². The molecule has 1 aliphatic rings. The lowest BCUT2D eigenvalue weighted by Gasteiger charge is -2.27. The fourth-order valence-corrected chi connectivity index (χ4v) is 2.97. The van der Waals surface area contributed by atoms with Gasteiger partial charge in [0, 0.05) is 17.6 Å². The third-order valence-electron chi connectivity index (χ3n) is 3.80. The molecule has 0 amide bonds. The van der Waals surface area contributed by atoms with Crippen molar-refractivity contribution in [2.24, 2.45) is 0 Å². The molecule has 1 aliphatic carbocycles. The minimum absolute atomic E-state index is 0.632. The zero-order valence-electron chi connectivity index (χ0n) is 10.8. The first-order valence-electron chi connectivity index (χ1n) is 6.67. The molecule has 1 aromatic rings. The average Bonchev–Trinajstić information content (AvgIpc) is 2.91. The van der Waals surface area contributed by atoms with Crippen molar-refractivity contribution >= 4 is 11.6 Å². The van der Waals surface area contributed by atoms with Crippen LogP contribution in [0.3, 0.4) is 0 Å². The maximum absolute atomic E-state index is 8.83. The maximum atomic E-state index is 8.83. The lowest BCUT2D eigenvalue weighted by molar-refractivity contribution is 0.200. The van der Waals surface area contributed by atoms with E-state index in [1.54, 1.807) is 6.07 Å². The van der Waals surface area contributed by atoms with E-state index >= 15 is 0 Å². The Hall–Kier alpha value is -1.04. The second-order valence-corrected chi connectivity index (χ2v) is 5.33. The maximum Gasteiger partial charge on any atom is 0.0992 e. The van der Waals surface area contributed by atoms with E-state index in [0.717, 1.165) is 18.7 Å². The molecular weight excluding hydrogens is 244 g/mol. The van der Waals surface area contributed by atoms with Crippen LogP contribution in [-0.4, -0.2) is 17.5 Å². The molecule has 0 atom stereocenters. The quantitative estimate of drug-likeness (QED) is 0.821. The SMILES string of the molecule is CCN(Cc1ccc(C#N)cc1Cl)C1CCCC1. The average molecular weight is 263 g/mol. The number of rotatable bonds is 4. The Labute approximate surface area is 114 Å². The summed E-state index contributed by atoms with van der Waals surface area (Å²) >= 11 is 6.24. The summed E-state index contributed by atoms with van der Waals surface area (Å²) in [6, 6.07) is 8.43. The zero-order valence-corrected chi connectivity index (χ0v) is 11.6. The van der Waals surface area contributed by atoms with Gasteiger partial charge in [-0.1, -0.05) is 37.4 Å². The van der Waals surface area contributed by atoms with Crippen molar-refractivity contribution in [2.45, 2.75) is 45.2 Å². The molecule has 0 saturated heterocycles. The van der Waals surface area contributed by atoms with Gasteiger partial charge in [-0.2, -0.15) is 5.26 Å². The van der Waals surface area contributed by atoms with Crippen LogP contribution < -0.4 is 0 Å². The first-order valence-corrected chi connectivity index (χ1v) is 7.05. The van der Waals surface area contributed by atoms with Crippen molar-refractivity contribution in [1.29, 1.82) is 5.26 Å². The van der Waals surface area contributed by atoms with Crippen LogP contribution >= 0.6 is 11.6 Å². The van der Waals surface area contributed by atoms with Crippen molar-refractivity contribution in [1.82, 2.24) is 4.90 Å². The van der Waals surface area contributed by atoms with E-state index < -0.39 is 0 Å². The summed E-state index contributed by atoms with van der Waals surface area (Å²) in [5.74, 6) is 0. The van der Waals surface area contributed by atoms with Crippen LogP contribution in [0.15, 0.2) is 18.2 Å². The number of nitriles is 1. The molecule has 2 nitrogen and oxygen atoms in total. The number of benzene rings is 1. The lowest BCUT2D eigenvalue weighted by atomic mass is 10.1. The molecule has 0 N–H and O–H groups in total. The highest BCUT2D eigenvalue weighted by atomic mass is 35.5. The third-order valence-corrected chi connectivity index (χ3v) is 4.15. The number of halogens is 1. The van der Waals surface area contributed by atoms with Crippen LogP contribution in [-0.2, 0) is 6.54 Å². The summed E-state index contributed by atoms with van der Waals surface area (Å²) < 4.78 is 0. The largest absolute Gasteiger partial charge is 0.296 e. The van der Waals surface area contributed by atoms with Crippen LogP contribution in [0.1, 0.15) is 43.7 Å². The van der Waals surface area contributed by atoms with E-state index in [0.29, 0.717) is 16.6 Å². The normalized spacial score (nSPS) is 16.1. The van der Waals surface area contributed by atoms with E-state index in [-0.39, 0.29) is 0 Å². The Kier molecular flexibility index (Phi) is 4.63. The predicted octanol–water partition coefficient (Wildman–Crippen LogP) is 3.98. The molecule has 0 heterocycles. The lowest BCUT2D eigenvalue weighted by Crippen LogP contribution is -2.32. The Morgan fingerprint density at radius 1 is 1.39 bits per heavy atom. The van der Waals surface area contributed by atoms with Gasteiger partial charge in [0.25, 0.3) is 0 Å². The van der Waals surface area contributed by atoms with Gasteiger partial charge in [-0.25, -0.2) is 0 Å². The van der Waals surface area contributed by atoms with E-state index in [1.807, 2.05) is 12.1 Å². The first-order chi connectivity index (χ1) is 8.74. The molecule has 18 heavy (non-hydrogen) atoms. The summed E-state index contributed by atoms with van der Waals surface area (Å²) in [5.41, 5.74) is 1.76. The number of hydrogen-bond acceptors (Lipinski definition) is 2. The van der Waals surface area contributed by atoms with Gasteiger partial charge in [0.1, 0.15) is 0 Å². The number of nitrogens with zero attached hydrogens (tertiary/aromatic N) is 2. The molecule has 3 heteroatoms. The van der Waals surface area contributed by atoms with E-state index in [2.05, 4.69) is 17.9 Å². The van der Waals surface area contributed by atoms with Crippen LogP contribution in [0, 0.1) is 11.3 Å². The topological polar surface area (TPSA) is 27.0 Å². The van der Waals surface area contributed by atoms with Crippen molar-refractivity contribution in [2.75, 3.05) is 6.54 Å². The second kappa shape index (κ2) is 6.22. The Balaban J connectivity index is 2.09. The van der Waals surface area contributed by atoms with E-state index in [9.17, 15) is 0 Å².